The standard InChI is InChI=1S/C16H14ClN3O4S2/c1-26(22,23)13-6-4-11(5-7-13)20(10-12-3-2-8-24-12)16(21)19-15-18-9-14(17)25-15/h2-9H,10H2,1H3,(H,18,19,21). The van der Waals surface area contributed by atoms with Crippen molar-refractivity contribution in [2.45, 2.75) is 11.4 Å². The third-order valence-corrected chi connectivity index (χ3v) is 5.57. The number of benzene rings is 1. The number of carbonyl (C=O) groups is 1. The number of furan rings is 1. The maximum Gasteiger partial charge on any atom is 0.328 e. The van der Waals surface area contributed by atoms with Crippen molar-refractivity contribution < 1.29 is 17.6 Å². The molecule has 0 unspecified atom stereocenters. The van der Waals surface area contributed by atoms with E-state index in [9.17, 15) is 13.2 Å². The Kier molecular flexibility index (Phi) is 5.30. The van der Waals surface area contributed by atoms with Crippen molar-refractivity contribution in [3.63, 3.8) is 0 Å². The number of nitrogens with one attached hydrogen (secondary N) is 1. The van der Waals surface area contributed by atoms with Crippen LogP contribution in [0.15, 0.2) is 58.2 Å². The van der Waals surface area contributed by atoms with E-state index < -0.39 is 15.9 Å². The number of nitrogens with zero attached hydrogens (tertiary/aromatic N) is 2. The highest BCUT2D eigenvalue weighted by Crippen LogP contribution is 2.25. The number of aromatic nitrogens is 1. The van der Waals surface area contributed by atoms with Crippen LogP contribution in [-0.4, -0.2) is 25.7 Å². The second-order valence-corrected chi connectivity index (χ2v) is 9.01. The van der Waals surface area contributed by atoms with E-state index in [0.29, 0.717) is 20.9 Å². The molecule has 0 aliphatic heterocycles. The number of anilines is 2. The molecule has 1 N–H and O–H groups in total. The van der Waals surface area contributed by atoms with Crippen LogP contribution in [0.5, 0.6) is 0 Å². The Hall–Kier alpha value is -2.36. The molecule has 3 aromatic rings. The summed E-state index contributed by atoms with van der Waals surface area (Å²) in [5, 5.41) is 3.03. The number of sulfone groups is 1. The van der Waals surface area contributed by atoms with Gasteiger partial charge < -0.3 is 4.42 Å². The molecule has 0 bridgehead atoms. The number of halogens is 1. The zero-order valence-electron chi connectivity index (χ0n) is 13.5. The van der Waals surface area contributed by atoms with Gasteiger partial charge in [-0.3, -0.25) is 10.2 Å². The monoisotopic (exact) mass is 411 g/mol. The minimum atomic E-state index is -3.32. The molecule has 2 heterocycles. The van der Waals surface area contributed by atoms with E-state index in [2.05, 4.69) is 10.3 Å². The molecule has 2 amide bonds. The maximum atomic E-state index is 12.7. The summed E-state index contributed by atoms with van der Waals surface area (Å²) in [4.78, 5) is 18.3. The van der Waals surface area contributed by atoms with Crippen molar-refractivity contribution in [2.24, 2.45) is 0 Å². The molecular formula is C16H14ClN3O4S2. The number of rotatable bonds is 5. The van der Waals surface area contributed by atoms with Crippen molar-refractivity contribution in [3.05, 3.63) is 59.0 Å². The molecule has 3 rings (SSSR count). The average molecular weight is 412 g/mol. The lowest BCUT2D eigenvalue weighted by Crippen LogP contribution is -2.34. The van der Waals surface area contributed by atoms with Crippen LogP contribution in [0.4, 0.5) is 15.6 Å². The van der Waals surface area contributed by atoms with Gasteiger partial charge in [-0.25, -0.2) is 18.2 Å². The van der Waals surface area contributed by atoms with E-state index in [4.69, 9.17) is 16.0 Å². The van der Waals surface area contributed by atoms with Crippen LogP contribution < -0.4 is 10.2 Å². The predicted octanol–water partition coefficient (Wildman–Crippen LogP) is 4.03. The molecule has 0 saturated heterocycles. The fraction of sp³-hybridized carbons (Fsp3) is 0.125. The van der Waals surface area contributed by atoms with Gasteiger partial charge in [0.15, 0.2) is 15.0 Å². The lowest BCUT2D eigenvalue weighted by atomic mass is 10.3. The maximum absolute atomic E-state index is 12.7. The van der Waals surface area contributed by atoms with Crippen molar-refractivity contribution in [1.29, 1.82) is 0 Å². The van der Waals surface area contributed by atoms with Crippen LogP contribution in [0.1, 0.15) is 5.76 Å². The number of carbonyl (C=O) groups excluding carboxylic acids is 1. The lowest BCUT2D eigenvalue weighted by Gasteiger charge is -2.22. The molecule has 2 aromatic heterocycles. The molecule has 0 spiro atoms. The molecule has 0 aliphatic carbocycles. The molecule has 0 fully saturated rings. The summed E-state index contributed by atoms with van der Waals surface area (Å²) in [6.45, 7) is 0.163. The van der Waals surface area contributed by atoms with Crippen LogP contribution in [0.3, 0.4) is 0 Å². The molecule has 1 aromatic carbocycles. The van der Waals surface area contributed by atoms with Gasteiger partial charge in [0.25, 0.3) is 0 Å². The van der Waals surface area contributed by atoms with Gasteiger partial charge in [-0.1, -0.05) is 22.9 Å². The highest BCUT2D eigenvalue weighted by molar-refractivity contribution is 7.90. The Labute approximate surface area is 159 Å². The molecule has 0 atom stereocenters. The molecule has 136 valence electrons. The fourth-order valence-corrected chi connectivity index (χ4v) is 3.62. The van der Waals surface area contributed by atoms with Crippen molar-refractivity contribution in [3.8, 4) is 0 Å². The number of thiazole rings is 1. The summed E-state index contributed by atoms with van der Waals surface area (Å²) in [6, 6.07) is 9.05. The first-order valence-corrected chi connectivity index (χ1v) is 10.4. The zero-order chi connectivity index (χ0) is 18.7. The summed E-state index contributed by atoms with van der Waals surface area (Å²) in [7, 11) is -3.32. The Morgan fingerprint density at radius 1 is 1.31 bits per heavy atom. The lowest BCUT2D eigenvalue weighted by molar-refractivity contribution is 0.256. The second-order valence-electron chi connectivity index (χ2n) is 5.33. The largest absolute Gasteiger partial charge is 0.467 e. The van der Waals surface area contributed by atoms with E-state index in [1.165, 1.54) is 29.5 Å². The van der Waals surface area contributed by atoms with Crippen LogP contribution in [0.25, 0.3) is 0 Å². The van der Waals surface area contributed by atoms with E-state index in [1.54, 1.807) is 24.3 Å². The van der Waals surface area contributed by atoms with Gasteiger partial charge in [-0.05, 0) is 36.4 Å². The van der Waals surface area contributed by atoms with Crippen LogP contribution in [-0.2, 0) is 16.4 Å². The number of amides is 2. The van der Waals surface area contributed by atoms with Gasteiger partial charge in [0.05, 0.1) is 23.9 Å². The van der Waals surface area contributed by atoms with Crippen molar-refractivity contribution in [2.75, 3.05) is 16.5 Å². The molecule has 0 aliphatic rings. The number of urea groups is 1. The fourth-order valence-electron chi connectivity index (χ4n) is 2.18. The number of hydrogen-bond acceptors (Lipinski definition) is 6. The molecule has 10 heteroatoms. The molecule has 26 heavy (non-hydrogen) atoms. The summed E-state index contributed by atoms with van der Waals surface area (Å²) in [6.07, 6.45) is 4.08. The summed E-state index contributed by atoms with van der Waals surface area (Å²) >= 11 is 6.97. The Balaban J connectivity index is 1.88. The highest BCUT2D eigenvalue weighted by atomic mass is 35.5. The second kappa shape index (κ2) is 7.48. The summed E-state index contributed by atoms with van der Waals surface area (Å²) < 4.78 is 29.0. The Bertz CT molecular complexity index is 999. The first-order chi connectivity index (χ1) is 12.3. The van der Waals surface area contributed by atoms with Crippen LogP contribution >= 0.6 is 22.9 Å². The minimum absolute atomic E-state index is 0.163. The van der Waals surface area contributed by atoms with Gasteiger partial charge in [0.1, 0.15) is 10.1 Å². The van der Waals surface area contributed by atoms with Gasteiger partial charge in [0, 0.05) is 11.9 Å². The van der Waals surface area contributed by atoms with Crippen molar-refractivity contribution in [1.82, 2.24) is 4.98 Å². The van der Waals surface area contributed by atoms with Crippen LogP contribution in [0, 0.1) is 0 Å². The van der Waals surface area contributed by atoms with E-state index in [-0.39, 0.29) is 11.4 Å². The summed E-state index contributed by atoms with van der Waals surface area (Å²) in [5.41, 5.74) is 0.508. The first kappa shape index (κ1) is 18.4. The topological polar surface area (TPSA) is 92.5 Å². The SMILES string of the molecule is CS(=O)(=O)c1ccc(N(Cc2ccco2)C(=O)Nc2ncc(Cl)s2)cc1. The normalized spacial score (nSPS) is 11.3. The average Bonchev–Trinajstić information content (AvgIpc) is 3.23. The molecule has 0 radical (unpaired) electrons. The molecule has 7 nitrogen and oxygen atoms in total. The van der Waals surface area contributed by atoms with E-state index >= 15 is 0 Å². The molecule has 0 saturated carbocycles. The van der Waals surface area contributed by atoms with Gasteiger partial charge in [-0.15, -0.1) is 0 Å². The zero-order valence-corrected chi connectivity index (χ0v) is 15.9. The quantitative estimate of drug-likeness (QED) is 0.684. The van der Waals surface area contributed by atoms with Crippen LogP contribution in [0.2, 0.25) is 4.34 Å². The third-order valence-electron chi connectivity index (χ3n) is 3.41. The predicted molar refractivity (Wildman–Crippen MR) is 101 cm³/mol. The van der Waals surface area contributed by atoms with E-state index in [0.717, 1.165) is 17.6 Å². The first-order valence-electron chi connectivity index (χ1n) is 7.35. The number of hydrogen-bond donors (Lipinski definition) is 1. The Morgan fingerprint density at radius 2 is 2.04 bits per heavy atom. The summed E-state index contributed by atoms with van der Waals surface area (Å²) in [5.74, 6) is 0.574. The third kappa shape index (κ3) is 4.43. The van der Waals surface area contributed by atoms with Crippen molar-refractivity contribution >= 4 is 49.6 Å². The van der Waals surface area contributed by atoms with Gasteiger partial charge >= 0.3 is 6.03 Å². The minimum Gasteiger partial charge on any atom is -0.467 e. The van der Waals surface area contributed by atoms with Gasteiger partial charge in [-0.2, -0.15) is 0 Å². The van der Waals surface area contributed by atoms with Gasteiger partial charge in [0.2, 0.25) is 0 Å². The Morgan fingerprint density at radius 3 is 2.58 bits per heavy atom. The van der Waals surface area contributed by atoms with E-state index in [1.807, 2.05) is 0 Å². The smallest absolute Gasteiger partial charge is 0.328 e. The molecular weight excluding hydrogens is 398 g/mol. The highest BCUT2D eigenvalue weighted by Gasteiger charge is 2.19.